The number of anilines is 1. The number of benzene rings is 2. The van der Waals surface area contributed by atoms with Gasteiger partial charge in [-0.25, -0.2) is 31.4 Å². The zero-order valence-corrected chi connectivity index (χ0v) is 29.4. The van der Waals surface area contributed by atoms with Crippen LogP contribution in [0.4, 0.5) is 14.5 Å². The lowest BCUT2D eigenvalue weighted by atomic mass is 9.97. The quantitative estimate of drug-likeness (QED) is 0.189. The van der Waals surface area contributed by atoms with Gasteiger partial charge in [0.05, 0.1) is 41.8 Å². The van der Waals surface area contributed by atoms with Gasteiger partial charge in [-0.2, -0.15) is 0 Å². The van der Waals surface area contributed by atoms with Gasteiger partial charge in [-0.05, 0) is 68.1 Å². The fourth-order valence-corrected chi connectivity index (χ4v) is 7.37. The van der Waals surface area contributed by atoms with Crippen molar-refractivity contribution in [2.45, 2.75) is 55.6 Å². The number of halogens is 2. The highest BCUT2D eigenvalue weighted by atomic mass is 32.2. The van der Waals surface area contributed by atoms with Gasteiger partial charge in [-0.15, -0.1) is 0 Å². The number of carbonyl (C=O) groups is 2. The van der Waals surface area contributed by atoms with E-state index in [0.717, 1.165) is 23.8 Å². The third-order valence-electron chi connectivity index (χ3n) is 8.86. The summed E-state index contributed by atoms with van der Waals surface area (Å²) in [4.78, 5) is 61.2. The zero-order valence-electron chi connectivity index (χ0n) is 28.5. The molecule has 1 fully saturated rings. The van der Waals surface area contributed by atoms with Crippen molar-refractivity contribution in [3.8, 4) is 11.4 Å². The molecule has 2 N–H and O–H groups in total. The summed E-state index contributed by atoms with van der Waals surface area (Å²) in [6.45, 7) is 0. The molecule has 14 nitrogen and oxygen atoms in total. The predicted molar refractivity (Wildman–Crippen MR) is 188 cm³/mol. The summed E-state index contributed by atoms with van der Waals surface area (Å²) >= 11 is 0. The minimum absolute atomic E-state index is 0.00292. The molecule has 6 rings (SSSR count). The summed E-state index contributed by atoms with van der Waals surface area (Å²) in [5, 5.41) is 2.60. The summed E-state index contributed by atoms with van der Waals surface area (Å²) in [6.07, 6.45) is 7.27. The Morgan fingerprint density at radius 2 is 1.72 bits per heavy atom. The lowest BCUT2D eigenvalue weighted by Gasteiger charge is -2.25. The molecule has 1 atom stereocenters. The number of rotatable bonds is 11. The molecular formula is C36H34F2N6O8S. The van der Waals surface area contributed by atoms with Crippen LogP contribution in [-0.2, 0) is 33.0 Å². The van der Waals surface area contributed by atoms with Crippen LogP contribution in [0.5, 0.6) is 5.75 Å². The van der Waals surface area contributed by atoms with Crippen molar-refractivity contribution in [2.75, 3.05) is 11.8 Å². The number of pyridine rings is 2. The average Bonchev–Trinajstić information content (AvgIpc) is 3.14. The number of hydrogen-bond donors (Lipinski definition) is 2. The Kier molecular flexibility index (Phi) is 10.6. The number of fused-ring (bicyclic) bond motifs is 1. The molecule has 17 heteroatoms. The third kappa shape index (κ3) is 7.79. The van der Waals surface area contributed by atoms with Crippen molar-refractivity contribution in [1.29, 1.82) is 0 Å². The molecular weight excluding hydrogens is 714 g/mol. The van der Waals surface area contributed by atoms with Gasteiger partial charge in [0.2, 0.25) is 0 Å². The number of aromatic nitrogens is 4. The highest BCUT2D eigenvalue weighted by molar-refractivity contribution is 7.92. The fourth-order valence-electron chi connectivity index (χ4n) is 6.15. The molecule has 0 spiro atoms. The number of nitrogens with one attached hydrogen (secondary N) is 2. The van der Waals surface area contributed by atoms with Gasteiger partial charge in [-0.3, -0.25) is 28.8 Å². The number of ether oxygens (including phenoxy) is 2. The molecule has 1 amide bonds. The Balaban J connectivity index is 1.26. The molecule has 0 unspecified atom stereocenters. The van der Waals surface area contributed by atoms with E-state index in [2.05, 4.69) is 20.0 Å². The molecule has 1 saturated carbocycles. The number of para-hydroxylation sites is 1. The Bertz CT molecular complexity index is 2410. The average molecular weight is 749 g/mol. The molecule has 276 valence electrons. The first kappa shape index (κ1) is 36.8. The van der Waals surface area contributed by atoms with Gasteiger partial charge in [0.1, 0.15) is 40.0 Å². The van der Waals surface area contributed by atoms with E-state index in [1.165, 1.54) is 73.7 Å². The van der Waals surface area contributed by atoms with Crippen LogP contribution in [0.3, 0.4) is 0 Å². The number of esters is 1. The van der Waals surface area contributed by atoms with E-state index in [-0.39, 0.29) is 33.8 Å². The zero-order chi connectivity index (χ0) is 37.9. The Hall–Kier alpha value is -5.97. The highest BCUT2D eigenvalue weighted by Gasteiger charge is 2.30. The van der Waals surface area contributed by atoms with E-state index in [0.29, 0.717) is 30.5 Å². The maximum Gasteiger partial charge on any atom is 0.335 e. The number of amides is 1. The van der Waals surface area contributed by atoms with Crippen molar-refractivity contribution in [3.05, 3.63) is 117 Å². The minimum atomic E-state index is -4.36. The van der Waals surface area contributed by atoms with E-state index in [1.54, 1.807) is 6.07 Å². The lowest BCUT2D eigenvalue weighted by molar-refractivity contribution is -0.152. The SMILES string of the molecule is COc1ccccc1S(=O)(=O)Nc1cc(F)c(C(=O)N[C@@H](Cc2ccc(-n3c(=O)c4ccncc4n(C)c3=O)cn2)C(=O)OC2CCCCC2)c(F)c1. The van der Waals surface area contributed by atoms with E-state index in [9.17, 15) is 27.6 Å². The normalized spacial score (nSPS) is 14.0. The number of sulfonamides is 1. The molecule has 3 heterocycles. The van der Waals surface area contributed by atoms with Gasteiger partial charge in [-0.1, -0.05) is 18.6 Å². The van der Waals surface area contributed by atoms with Gasteiger partial charge >= 0.3 is 11.7 Å². The molecule has 3 aromatic heterocycles. The van der Waals surface area contributed by atoms with Crippen molar-refractivity contribution >= 4 is 38.5 Å². The molecule has 2 aromatic carbocycles. The molecule has 0 radical (unpaired) electrons. The second-order valence-corrected chi connectivity index (χ2v) is 14.0. The minimum Gasteiger partial charge on any atom is -0.495 e. The monoisotopic (exact) mass is 748 g/mol. The van der Waals surface area contributed by atoms with Gasteiger partial charge in [0.15, 0.2) is 0 Å². The Morgan fingerprint density at radius 3 is 2.40 bits per heavy atom. The van der Waals surface area contributed by atoms with Crippen LogP contribution in [0.2, 0.25) is 0 Å². The van der Waals surface area contributed by atoms with Gasteiger partial charge < -0.3 is 14.8 Å². The Labute approximate surface area is 301 Å². The molecule has 53 heavy (non-hydrogen) atoms. The third-order valence-corrected chi connectivity index (χ3v) is 10.3. The summed E-state index contributed by atoms with van der Waals surface area (Å²) in [6, 6.07) is 9.80. The first-order valence-electron chi connectivity index (χ1n) is 16.5. The standard InChI is InChI=1S/C36H34F2N6O8S/c1-43-29-20-39-15-14-25(29)34(46)44(36(43)48)23-13-12-21(40-19-23)18-28(35(47)52-24-8-4-3-5-9-24)41-33(45)32-26(37)16-22(17-27(32)38)42-53(49,50)31-11-7-6-10-30(31)51-2/h6-7,10-17,19-20,24,28,42H,3-5,8-9,18H2,1-2H3,(H,41,45)/t28-/m0/s1. The van der Waals surface area contributed by atoms with Crippen LogP contribution < -0.4 is 26.0 Å². The lowest BCUT2D eigenvalue weighted by Crippen LogP contribution is -2.45. The number of hydrogen-bond acceptors (Lipinski definition) is 10. The highest BCUT2D eigenvalue weighted by Crippen LogP contribution is 2.27. The maximum atomic E-state index is 15.4. The molecule has 0 aliphatic heterocycles. The number of nitrogens with zero attached hydrogens (tertiary/aromatic N) is 4. The smallest absolute Gasteiger partial charge is 0.335 e. The fraction of sp³-hybridized carbons (Fsp3) is 0.278. The topological polar surface area (TPSA) is 181 Å². The first-order chi connectivity index (χ1) is 25.4. The Morgan fingerprint density at radius 1 is 1.00 bits per heavy atom. The van der Waals surface area contributed by atoms with E-state index in [1.807, 2.05) is 0 Å². The van der Waals surface area contributed by atoms with Crippen molar-refractivity contribution in [3.63, 3.8) is 0 Å². The summed E-state index contributed by atoms with van der Waals surface area (Å²) in [5.74, 6) is -4.97. The largest absolute Gasteiger partial charge is 0.495 e. The second-order valence-electron chi connectivity index (χ2n) is 12.4. The van der Waals surface area contributed by atoms with Crippen LogP contribution in [0.15, 0.2) is 87.7 Å². The molecule has 1 aliphatic rings. The van der Waals surface area contributed by atoms with Crippen molar-refractivity contribution < 1.29 is 36.3 Å². The summed E-state index contributed by atoms with van der Waals surface area (Å²) in [7, 11) is -1.60. The molecule has 5 aromatic rings. The first-order valence-corrected chi connectivity index (χ1v) is 18.0. The van der Waals surface area contributed by atoms with Crippen molar-refractivity contribution in [2.24, 2.45) is 7.05 Å². The number of carbonyl (C=O) groups excluding carboxylic acids is 2. The van der Waals surface area contributed by atoms with Crippen LogP contribution in [-0.4, -0.2) is 58.7 Å². The van der Waals surface area contributed by atoms with E-state index >= 15 is 8.78 Å². The van der Waals surface area contributed by atoms with Gasteiger partial charge in [0.25, 0.3) is 21.5 Å². The van der Waals surface area contributed by atoms with Gasteiger partial charge in [0, 0.05) is 25.4 Å². The second kappa shape index (κ2) is 15.3. The predicted octanol–water partition coefficient (Wildman–Crippen LogP) is 3.78. The molecule has 0 bridgehead atoms. The van der Waals surface area contributed by atoms with Crippen LogP contribution in [0, 0.1) is 11.6 Å². The van der Waals surface area contributed by atoms with Crippen LogP contribution in [0.1, 0.15) is 48.2 Å². The van der Waals surface area contributed by atoms with Crippen LogP contribution in [0.25, 0.3) is 16.6 Å². The molecule has 1 aliphatic carbocycles. The number of aryl methyl sites for hydroxylation is 1. The number of methoxy groups -OCH3 is 1. The maximum absolute atomic E-state index is 15.4. The summed E-state index contributed by atoms with van der Waals surface area (Å²) < 4.78 is 71.8. The van der Waals surface area contributed by atoms with E-state index < -0.39 is 68.2 Å². The van der Waals surface area contributed by atoms with Crippen molar-refractivity contribution in [1.82, 2.24) is 24.4 Å². The van der Waals surface area contributed by atoms with E-state index in [4.69, 9.17) is 9.47 Å². The molecule has 0 saturated heterocycles. The van der Waals surface area contributed by atoms with Crippen LogP contribution >= 0.6 is 0 Å². The summed E-state index contributed by atoms with van der Waals surface area (Å²) in [5.41, 5.74) is -2.11.